The standard InChI is InChI=1S/C21H23FN2O/c1-13-20(23-17-7-5-6-16(22)12-17)18-8-3-4-9-19(18)24(14(2)25)21(13)15-10-11-15/h3-9,12-13,15,20-21,23H,10-11H2,1-2H3/t13-,20?,21?/m1/s1. The van der Waals surface area contributed by atoms with Crippen LogP contribution in [0, 0.1) is 17.7 Å². The molecule has 1 N–H and O–H groups in total. The van der Waals surface area contributed by atoms with E-state index in [0.717, 1.165) is 16.9 Å². The number of halogens is 1. The molecule has 130 valence electrons. The lowest BCUT2D eigenvalue weighted by Gasteiger charge is -2.46. The summed E-state index contributed by atoms with van der Waals surface area (Å²) in [4.78, 5) is 14.4. The van der Waals surface area contributed by atoms with Crippen LogP contribution in [0.3, 0.4) is 0 Å². The molecule has 25 heavy (non-hydrogen) atoms. The molecule has 0 aromatic heterocycles. The van der Waals surface area contributed by atoms with Crippen molar-refractivity contribution >= 4 is 17.3 Å². The Labute approximate surface area is 147 Å². The monoisotopic (exact) mass is 338 g/mol. The Hall–Kier alpha value is -2.36. The van der Waals surface area contributed by atoms with Gasteiger partial charge >= 0.3 is 0 Å². The zero-order valence-electron chi connectivity index (χ0n) is 14.6. The lowest BCUT2D eigenvalue weighted by molar-refractivity contribution is -0.117. The van der Waals surface area contributed by atoms with Gasteiger partial charge in [-0.2, -0.15) is 0 Å². The van der Waals surface area contributed by atoms with Crippen molar-refractivity contribution in [2.24, 2.45) is 11.8 Å². The predicted octanol–water partition coefficient (Wildman–Crippen LogP) is 4.76. The van der Waals surface area contributed by atoms with Crippen molar-refractivity contribution in [2.45, 2.75) is 38.8 Å². The van der Waals surface area contributed by atoms with Crippen LogP contribution in [-0.4, -0.2) is 11.9 Å². The highest BCUT2D eigenvalue weighted by atomic mass is 19.1. The lowest BCUT2D eigenvalue weighted by Crippen LogP contribution is -2.51. The van der Waals surface area contributed by atoms with Gasteiger partial charge in [0.15, 0.2) is 0 Å². The molecule has 1 aliphatic heterocycles. The van der Waals surface area contributed by atoms with Crippen molar-refractivity contribution < 1.29 is 9.18 Å². The summed E-state index contributed by atoms with van der Waals surface area (Å²) < 4.78 is 13.6. The Morgan fingerprint density at radius 2 is 1.92 bits per heavy atom. The van der Waals surface area contributed by atoms with Crippen molar-refractivity contribution in [1.82, 2.24) is 0 Å². The van der Waals surface area contributed by atoms with E-state index in [1.54, 1.807) is 13.0 Å². The minimum atomic E-state index is -0.245. The Morgan fingerprint density at radius 1 is 1.16 bits per heavy atom. The normalized spacial score (nSPS) is 25.4. The number of amides is 1. The number of hydrogen-bond acceptors (Lipinski definition) is 2. The summed E-state index contributed by atoms with van der Waals surface area (Å²) >= 11 is 0. The highest BCUT2D eigenvalue weighted by molar-refractivity contribution is 5.94. The molecule has 1 amide bonds. The zero-order chi connectivity index (χ0) is 17.6. The molecular weight excluding hydrogens is 315 g/mol. The Kier molecular flexibility index (Phi) is 3.98. The molecule has 1 heterocycles. The SMILES string of the molecule is CC(=O)N1c2ccccc2C(Nc2cccc(F)c2)[C@@H](C)C1C1CC1. The third-order valence-electron chi connectivity index (χ3n) is 5.49. The van der Waals surface area contributed by atoms with Crippen molar-refractivity contribution in [1.29, 1.82) is 0 Å². The number of nitrogens with zero attached hydrogens (tertiary/aromatic N) is 1. The average Bonchev–Trinajstić information content (AvgIpc) is 3.41. The van der Waals surface area contributed by atoms with E-state index in [1.807, 2.05) is 29.2 Å². The van der Waals surface area contributed by atoms with E-state index < -0.39 is 0 Å². The van der Waals surface area contributed by atoms with E-state index in [9.17, 15) is 9.18 Å². The number of fused-ring (bicyclic) bond motifs is 1. The Bertz CT molecular complexity index is 802. The van der Waals surface area contributed by atoms with E-state index >= 15 is 0 Å². The summed E-state index contributed by atoms with van der Waals surface area (Å²) in [6.07, 6.45) is 2.35. The molecule has 0 spiro atoms. The van der Waals surface area contributed by atoms with Crippen LogP contribution in [0.25, 0.3) is 0 Å². The summed E-state index contributed by atoms with van der Waals surface area (Å²) in [5, 5.41) is 3.52. The highest BCUT2D eigenvalue weighted by Crippen LogP contribution is 2.49. The number of benzene rings is 2. The minimum Gasteiger partial charge on any atom is -0.378 e. The molecule has 1 fully saturated rings. The second kappa shape index (κ2) is 6.17. The molecule has 4 rings (SSSR count). The molecule has 2 aromatic carbocycles. The van der Waals surface area contributed by atoms with Crippen LogP contribution >= 0.6 is 0 Å². The molecule has 3 nitrogen and oxygen atoms in total. The number of nitrogens with one attached hydrogen (secondary N) is 1. The van der Waals surface area contributed by atoms with Gasteiger partial charge in [0.25, 0.3) is 0 Å². The third kappa shape index (κ3) is 2.90. The van der Waals surface area contributed by atoms with E-state index in [2.05, 4.69) is 18.3 Å². The number of para-hydroxylation sites is 1. The van der Waals surface area contributed by atoms with Crippen LogP contribution in [0.2, 0.25) is 0 Å². The summed E-state index contributed by atoms with van der Waals surface area (Å²) in [5.41, 5.74) is 2.86. The fourth-order valence-corrected chi connectivity index (χ4v) is 4.27. The first kappa shape index (κ1) is 16.1. The molecule has 0 bridgehead atoms. The third-order valence-corrected chi connectivity index (χ3v) is 5.49. The molecule has 3 atom stereocenters. The largest absolute Gasteiger partial charge is 0.378 e. The molecule has 2 aliphatic rings. The molecule has 0 radical (unpaired) electrons. The van der Waals surface area contributed by atoms with Crippen molar-refractivity contribution in [3.8, 4) is 0 Å². The number of carbonyl (C=O) groups excluding carboxylic acids is 1. The molecule has 2 aromatic rings. The fourth-order valence-electron chi connectivity index (χ4n) is 4.27. The molecule has 1 saturated carbocycles. The average molecular weight is 338 g/mol. The maximum atomic E-state index is 13.6. The van der Waals surface area contributed by atoms with Crippen molar-refractivity contribution in [2.75, 3.05) is 10.2 Å². The number of rotatable bonds is 3. The van der Waals surface area contributed by atoms with Crippen molar-refractivity contribution in [3.63, 3.8) is 0 Å². The molecule has 0 saturated heterocycles. The Morgan fingerprint density at radius 3 is 2.60 bits per heavy atom. The van der Waals surface area contributed by atoms with E-state index in [-0.39, 0.29) is 29.7 Å². The van der Waals surface area contributed by atoms with Crippen molar-refractivity contribution in [3.05, 3.63) is 59.9 Å². The molecule has 2 unspecified atom stereocenters. The van der Waals surface area contributed by atoms with Gasteiger partial charge < -0.3 is 10.2 Å². The number of carbonyl (C=O) groups is 1. The highest BCUT2D eigenvalue weighted by Gasteiger charge is 2.47. The first-order valence-electron chi connectivity index (χ1n) is 8.97. The number of anilines is 2. The van der Waals surface area contributed by atoms with Gasteiger partial charge in [0.2, 0.25) is 5.91 Å². The van der Waals surface area contributed by atoms with Gasteiger partial charge in [-0.1, -0.05) is 31.2 Å². The van der Waals surface area contributed by atoms with Gasteiger partial charge in [0.05, 0.1) is 6.04 Å². The fraction of sp³-hybridized carbons (Fsp3) is 0.381. The Balaban J connectivity index is 1.77. The second-order valence-corrected chi connectivity index (χ2v) is 7.27. The first-order valence-corrected chi connectivity index (χ1v) is 8.97. The molecular formula is C21H23FN2O. The quantitative estimate of drug-likeness (QED) is 0.875. The van der Waals surface area contributed by atoms with Gasteiger partial charge in [-0.25, -0.2) is 4.39 Å². The van der Waals surface area contributed by atoms with Crippen LogP contribution in [0.1, 0.15) is 38.3 Å². The second-order valence-electron chi connectivity index (χ2n) is 7.27. The van der Waals surface area contributed by atoms with E-state index in [4.69, 9.17) is 0 Å². The maximum Gasteiger partial charge on any atom is 0.224 e. The smallest absolute Gasteiger partial charge is 0.224 e. The summed E-state index contributed by atoms with van der Waals surface area (Å²) in [5.74, 6) is 0.657. The van der Waals surface area contributed by atoms with Crippen LogP contribution < -0.4 is 10.2 Å². The lowest BCUT2D eigenvalue weighted by atomic mass is 9.80. The van der Waals surface area contributed by atoms with Gasteiger partial charge in [0.1, 0.15) is 5.82 Å². The van der Waals surface area contributed by atoms with Gasteiger partial charge in [-0.05, 0) is 48.6 Å². The predicted molar refractivity (Wildman–Crippen MR) is 98.0 cm³/mol. The summed E-state index contributed by atoms with van der Waals surface area (Å²) in [7, 11) is 0. The first-order chi connectivity index (χ1) is 12.1. The van der Waals surface area contributed by atoms with Gasteiger partial charge in [-0.15, -0.1) is 0 Å². The molecule has 4 heteroatoms. The number of hydrogen-bond donors (Lipinski definition) is 1. The topological polar surface area (TPSA) is 32.3 Å². The summed E-state index contributed by atoms with van der Waals surface area (Å²) in [6.45, 7) is 3.85. The van der Waals surface area contributed by atoms with Crippen LogP contribution in [0.15, 0.2) is 48.5 Å². The summed E-state index contributed by atoms with van der Waals surface area (Å²) in [6, 6.07) is 14.9. The van der Waals surface area contributed by atoms with E-state index in [0.29, 0.717) is 5.92 Å². The zero-order valence-corrected chi connectivity index (χ0v) is 14.6. The maximum absolute atomic E-state index is 13.6. The van der Waals surface area contributed by atoms with E-state index in [1.165, 1.54) is 25.0 Å². The minimum absolute atomic E-state index is 0.0548. The van der Waals surface area contributed by atoms with Gasteiger partial charge in [-0.3, -0.25) is 4.79 Å². The van der Waals surface area contributed by atoms with Crippen LogP contribution in [0.4, 0.5) is 15.8 Å². The van der Waals surface area contributed by atoms with Crippen LogP contribution in [-0.2, 0) is 4.79 Å². The molecule has 1 aliphatic carbocycles. The van der Waals surface area contributed by atoms with Gasteiger partial charge in [0, 0.05) is 30.3 Å². The van der Waals surface area contributed by atoms with Crippen LogP contribution in [0.5, 0.6) is 0 Å².